The monoisotopic (exact) mass is 547 g/mol. The molecule has 0 unspecified atom stereocenters. The molecule has 7 aromatic rings. The third-order valence-corrected chi connectivity index (χ3v) is 7.60. The van der Waals surface area contributed by atoms with Gasteiger partial charge in [0.2, 0.25) is 0 Å². The number of aromatic nitrogens is 3. The van der Waals surface area contributed by atoms with Crippen LogP contribution in [0.4, 0.5) is 0 Å². The first-order valence-corrected chi connectivity index (χ1v) is 13.9. The van der Waals surface area contributed by atoms with E-state index in [1.165, 1.54) is 0 Å². The number of benzene rings is 4. The first kappa shape index (κ1) is 25.4. The normalized spacial score (nSPS) is 11.1. The molecule has 0 aliphatic heterocycles. The summed E-state index contributed by atoms with van der Waals surface area (Å²) in [5, 5.41) is 0. The van der Waals surface area contributed by atoms with Gasteiger partial charge in [0.1, 0.15) is 17.3 Å². The van der Waals surface area contributed by atoms with Gasteiger partial charge in [0.25, 0.3) is 0 Å². The van der Waals surface area contributed by atoms with Crippen molar-refractivity contribution in [2.24, 2.45) is 0 Å². The Bertz CT molecular complexity index is 1970. The van der Waals surface area contributed by atoms with E-state index in [0.717, 1.165) is 67.9 Å². The maximum atomic E-state index is 5.47. The Morgan fingerprint density at radius 2 is 1.12 bits per heavy atom. The second-order valence-corrected chi connectivity index (χ2v) is 10.0. The molecule has 3 heterocycles. The molecule has 0 spiro atoms. The molecule has 0 atom stereocenters. The quantitative estimate of drug-likeness (QED) is 0.200. The van der Waals surface area contributed by atoms with E-state index in [9.17, 15) is 0 Å². The zero-order chi connectivity index (χ0) is 28.5. The van der Waals surface area contributed by atoms with E-state index in [0.29, 0.717) is 0 Å². The van der Waals surface area contributed by atoms with Crippen molar-refractivity contribution < 1.29 is 9.47 Å². The molecule has 0 fully saturated rings. The molecular weight excluding hydrogens is 518 g/mol. The van der Waals surface area contributed by atoms with Crippen LogP contribution in [0.3, 0.4) is 0 Å². The molecule has 42 heavy (non-hydrogen) atoms. The van der Waals surface area contributed by atoms with Crippen molar-refractivity contribution in [3.05, 3.63) is 140 Å². The molecule has 3 aromatic heterocycles. The third-order valence-electron chi connectivity index (χ3n) is 7.60. The van der Waals surface area contributed by atoms with Crippen molar-refractivity contribution in [2.45, 2.75) is 0 Å². The molecule has 7 rings (SSSR count). The number of hydrogen-bond acceptors (Lipinski definition) is 3. The summed E-state index contributed by atoms with van der Waals surface area (Å²) >= 11 is 0. The fraction of sp³-hybridized carbons (Fsp3) is 0.0541. The van der Waals surface area contributed by atoms with Gasteiger partial charge < -0.3 is 13.9 Å². The van der Waals surface area contributed by atoms with Crippen molar-refractivity contribution in [3.8, 4) is 62.3 Å². The number of methoxy groups -OCH3 is 2. The highest BCUT2D eigenvalue weighted by Crippen LogP contribution is 2.41. The Morgan fingerprint density at radius 1 is 0.548 bits per heavy atom. The summed E-state index contributed by atoms with van der Waals surface area (Å²) in [6, 6.07) is 45.8. The van der Waals surface area contributed by atoms with Gasteiger partial charge in [0.15, 0.2) is 0 Å². The molecule has 0 radical (unpaired) electrons. The number of hydrogen-bond donors (Lipinski definition) is 0. The van der Waals surface area contributed by atoms with Gasteiger partial charge in [-0.05, 0) is 72.3 Å². The molecule has 0 saturated heterocycles. The summed E-state index contributed by atoms with van der Waals surface area (Å²) in [6.07, 6.45) is 2.11. The number of nitrogens with zero attached hydrogens (tertiary/aromatic N) is 3. The second kappa shape index (κ2) is 10.8. The van der Waals surface area contributed by atoms with E-state index >= 15 is 0 Å². The Kier molecular flexibility index (Phi) is 6.53. The average Bonchev–Trinajstić information content (AvgIpc) is 3.65. The van der Waals surface area contributed by atoms with Crippen LogP contribution in [0, 0.1) is 0 Å². The van der Waals surface area contributed by atoms with E-state index in [1.54, 1.807) is 14.2 Å². The first-order valence-electron chi connectivity index (χ1n) is 13.9. The van der Waals surface area contributed by atoms with Crippen molar-refractivity contribution in [1.82, 2.24) is 14.0 Å². The lowest BCUT2D eigenvalue weighted by atomic mass is 10.0. The summed E-state index contributed by atoms with van der Waals surface area (Å²) in [5.41, 5.74) is 9.40. The largest absolute Gasteiger partial charge is 0.497 e. The smallest absolute Gasteiger partial charge is 0.145 e. The van der Waals surface area contributed by atoms with Crippen LogP contribution in [-0.2, 0) is 0 Å². The molecule has 4 aromatic carbocycles. The van der Waals surface area contributed by atoms with Gasteiger partial charge in [-0.2, -0.15) is 0 Å². The van der Waals surface area contributed by atoms with Crippen molar-refractivity contribution in [1.29, 1.82) is 0 Å². The molecule has 0 N–H and O–H groups in total. The third kappa shape index (κ3) is 4.41. The molecule has 0 bridgehead atoms. The van der Waals surface area contributed by atoms with E-state index in [2.05, 4.69) is 112 Å². The Hall–Kier alpha value is -5.55. The molecule has 5 nitrogen and oxygen atoms in total. The molecule has 5 heteroatoms. The van der Waals surface area contributed by atoms with Crippen LogP contribution in [-0.4, -0.2) is 28.2 Å². The van der Waals surface area contributed by atoms with Gasteiger partial charge in [-0.15, -0.1) is 0 Å². The highest BCUT2D eigenvalue weighted by Gasteiger charge is 2.25. The zero-order valence-corrected chi connectivity index (χ0v) is 23.4. The van der Waals surface area contributed by atoms with Crippen LogP contribution in [0.15, 0.2) is 140 Å². The minimum Gasteiger partial charge on any atom is -0.497 e. The minimum atomic E-state index is 0.805. The molecule has 0 amide bonds. The summed E-state index contributed by atoms with van der Waals surface area (Å²) in [4.78, 5) is 5.37. The van der Waals surface area contributed by atoms with Crippen LogP contribution in [0.2, 0.25) is 0 Å². The second-order valence-electron chi connectivity index (χ2n) is 10.0. The van der Waals surface area contributed by atoms with E-state index in [1.807, 2.05) is 36.4 Å². The lowest BCUT2D eigenvalue weighted by Crippen LogP contribution is -2.00. The summed E-state index contributed by atoms with van der Waals surface area (Å²) in [6.45, 7) is 0. The first-order chi connectivity index (χ1) is 20.7. The van der Waals surface area contributed by atoms with Crippen LogP contribution >= 0.6 is 0 Å². The Labute approximate surface area is 244 Å². The lowest BCUT2D eigenvalue weighted by Gasteiger charge is -2.13. The van der Waals surface area contributed by atoms with Crippen LogP contribution < -0.4 is 9.47 Å². The van der Waals surface area contributed by atoms with Gasteiger partial charge in [-0.1, -0.05) is 66.7 Å². The van der Waals surface area contributed by atoms with Gasteiger partial charge in [0.05, 0.1) is 42.5 Å². The molecule has 0 aliphatic carbocycles. The predicted octanol–water partition coefficient (Wildman–Crippen LogP) is 8.81. The SMILES string of the molecule is COc1ccc(-c2nc(-c3ccccc3)c(-c3ccccc3)n2-c2cc(-c3ccc(OC)cc3)n3ccccc23)cc1. The lowest BCUT2D eigenvalue weighted by molar-refractivity contribution is 0.415. The Balaban J connectivity index is 1.57. The van der Waals surface area contributed by atoms with E-state index in [-0.39, 0.29) is 0 Å². The highest BCUT2D eigenvalue weighted by molar-refractivity contribution is 5.88. The summed E-state index contributed by atoms with van der Waals surface area (Å²) < 4.78 is 15.5. The van der Waals surface area contributed by atoms with Gasteiger partial charge >= 0.3 is 0 Å². The molecule has 0 saturated carbocycles. The zero-order valence-electron chi connectivity index (χ0n) is 23.4. The topological polar surface area (TPSA) is 40.7 Å². The van der Waals surface area contributed by atoms with Gasteiger partial charge in [0, 0.05) is 22.9 Å². The molecule has 0 aliphatic rings. The van der Waals surface area contributed by atoms with Crippen LogP contribution in [0.1, 0.15) is 0 Å². The molecular formula is C37H29N3O2. The van der Waals surface area contributed by atoms with Crippen molar-refractivity contribution in [3.63, 3.8) is 0 Å². The predicted molar refractivity (Wildman–Crippen MR) is 169 cm³/mol. The fourth-order valence-electron chi connectivity index (χ4n) is 5.55. The van der Waals surface area contributed by atoms with Crippen LogP contribution in [0.25, 0.3) is 56.4 Å². The molecule has 204 valence electrons. The maximum Gasteiger partial charge on any atom is 0.145 e. The number of fused-ring (bicyclic) bond motifs is 1. The highest BCUT2D eigenvalue weighted by atomic mass is 16.5. The minimum absolute atomic E-state index is 0.805. The maximum absolute atomic E-state index is 5.47. The fourth-order valence-corrected chi connectivity index (χ4v) is 5.55. The number of rotatable bonds is 7. The summed E-state index contributed by atoms with van der Waals surface area (Å²) in [7, 11) is 3.37. The van der Waals surface area contributed by atoms with Crippen molar-refractivity contribution >= 4 is 5.52 Å². The average molecular weight is 548 g/mol. The van der Waals surface area contributed by atoms with E-state index < -0.39 is 0 Å². The van der Waals surface area contributed by atoms with Gasteiger partial charge in [-0.3, -0.25) is 4.57 Å². The Morgan fingerprint density at radius 3 is 1.74 bits per heavy atom. The van der Waals surface area contributed by atoms with Gasteiger partial charge in [-0.25, -0.2) is 4.98 Å². The van der Waals surface area contributed by atoms with E-state index in [4.69, 9.17) is 14.5 Å². The van der Waals surface area contributed by atoms with Crippen molar-refractivity contribution in [2.75, 3.05) is 14.2 Å². The standard InChI is InChI=1S/C37H29N3O2/c1-41-30-20-16-26(17-21-30)33-25-34(32-15-9-10-24-39(32)33)40-36(28-13-7-4-8-14-28)35(27-11-5-3-6-12-27)38-37(40)29-18-22-31(42-2)23-19-29/h3-25H,1-2H3. The number of imidazole rings is 1. The van der Waals surface area contributed by atoms with Crippen LogP contribution in [0.5, 0.6) is 11.5 Å². The summed E-state index contributed by atoms with van der Waals surface area (Å²) in [5.74, 6) is 2.49. The number of ether oxygens (including phenoxy) is 2. The number of pyridine rings is 1.